The Labute approximate surface area is 208 Å². The van der Waals surface area contributed by atoms with Crippen LogP contribution in [0.5, 0.6) is 0 Å². The quantitative estimate of drug-likeness (QED) is 0.0706. The van der Waals surface area contributed by atoms with Gasteiger partial charge in [-0.25, -0.2) is 0 Å². The summed E-state index contributed by atoms with van der Waals surface area (Å²) < 4.78 is 4.36. The van der Waals surface area contributed by atoms with Crippen molar-refractivity contribution in [2.75, 3.05) is 32.6 Å². The van der Waals surface area contributed by atoms with E-state index in [2.05, 4.69) is 11.2 Å². The van der Waals surface area contributed by atoms with Crippen molar-refractivity contribution in [2.24, 2.45) is 5.41 Å². The van der Waals surface area contributed by atoms with Crippen LogP contribution in [-0.2, 0) is 4.31 Å². The topological polar surface area (TPSA) is 171 Å². The number of aliphatic hydroxyl groups is 4. The molecule has 0 aromatic rings. The number of rotatable bonds is 23. The maximum Gasteiger partial charge on any atom is 0.415 e. The molecule has 0 aliphatic rings. The minimum absolute atomic E-state index is 0.116. The van der Waals surface area contributed by atoms with E-state index in [4.69, 9.17) is 30.2 Å². The van der Waals surface area contributed by atoms with Crippen LogP contribution in [0.1, 0.15) is 110 Å². The predicted molar refractivity (Wildman–Crippen MR) is 139 cm³/mol. The monoisotopic (exact) mass is 535 g/mol. The third kappa shape index (κ3) is 24.2. The van der Waals surface area contributed by atoms with Crippen molar-refractivity contribution in [1.82, 2.24) is 0 Å². The maximum absolute atomic E-state index is 9.44. The predicted octanol–water partition coefficient (Wildman–Crippen LogP) is 4.17. The molecule has 208 valence electrons. The Balaban J connectivity index is 0. The van der Waals surface area contributed by atoms with Crippen molar-refractivity contribution < 1.29 is 44.3 Å². The van der Waals surface area contributed by atoms with Gasteiger partial charge in [-0.05, 0) is 12.8 Å². The first-order valence-corrected chi connectivity index (χ1v) is 15.8. The summed E-state index contributed by atoms with van der Waals surface area (Å²) in [6.07, 6.45) is 20.4. The zero-order chi connectivity index (χ0) is 26.1. The van der Waals surface area contributed by atoms with E-state index in [9.17, 15) is 9.79 Å². The zero-order valence-corrected chi connectivity index (χ0v) is 23.0. The first-order valence-electron chi connectivity index (χ1n) is 12.9. The normalized spacial score (nSPS) is 12.2. The van der Waals surface area contributed by atoms with E-state index in [0.29, 0.717) is 6.42 Å². The Bertz CT molecular complexity index is 394. The summed E-state index contributed by atoms with van der Waals surface area (Å²) in [6, 6.07) is 0. The Morgan fingerprint density at radius 1 is 0.559 bits per heavy atom. The lowest BCUT2D eigenvalue weighted by atomic mass is 9.93. The van der Waals surface area contributed by atoms with Crippen LogP contribution in [0.3, 0.4) is 0 Å². The van der Waals surface area contributed by atoms with Gasteiger partial charge >= 0.3 is 16.5 Å². The molecule has 0 radical (unpaired) electrons. The molecule has 0 heterocycles. The van der Waals surface area contributed by atoms with E-state index in [1.807, 2.05) is 0 Å². The molecule has 0 bridgehead atoms. The number of hydrogen-bond donors (Lipinski definition) is 8. The second kappa shape index (κ2) is 25.2. The fraction of sp³-hybridized carbons (Fsp3) is 1.00. The molecule has 9 nitrogen and oxygen atoms in total. The molecule has 0 aromatic heterocycles. The molecule has 0 rings (SSSR count). The molecule has 8 N–H and O–H groups in total. The minimum Gasteiger partial charge on any atom is -0.396 e. The molecule has 0 unspecified atom stereocenters. The molecular formula is C23H53O9P2+. The van der Waals surface area contributed by atoms with Gasteiger partial charge in [0.25, 0.3) is 0 Å². The molecule has 0 amide bonds. The van der Waals surface area contributed by atoms with Crippen LogP contribution in [0.2, 0.25) is 0 Å². The van der Waals surface area contributed by atoms with Crippen LogP contribution in [-0.4, -0.2) is 72.6 Å². The summed E-state index contributed by atoms with van der Waals surface area (Å²) in [6.45, 7) is 0.636. The van der Waals surface area contributed by atoms with Crippen LogP contribution in [0, 0.1) is 5.41 Å². The van der Waals surface area contributed by atoms with Crippen LogP contribution >= 0.6 is 16.5 Å². The molecule has 0 spiro atoms. The van der Waals surface area contributed by atoms with Gasteiger partial charge in [0.15, 0.2) is 0 Å². The van der Waals surface area contributed by atoms with E-state index < -0.39 is 48.4 Å². The summed E-state index contributed by atoms with van der Waals surface area (Å²) in [5.74, 6) is 0. The molecule has 0 aliphatic carbocycles. The van der Waals surface area contributed by atoms with Gasteiger partial charge in [-0.15, -0.1) is 0 Å². The molecule has 0 saturated carbocycles. The highest BCUT2D eigenvalue weighted by Gasteiger charge is 2.38. The van der Waals surface area contributed by atoms with Gasteiger partial charge in [0.1, 0.15) is 6.16 Å². The average Bonchev–Trinajstić information content (AvgIpc) is 2.80. The maximum atomic E-state index is 9.44. The van der Waals surface area contributed by atoms with Crippen molar-refractivity contribution in [3.8, 4) is 0 Å². The molecule has 0 aliphatic heterocycles. The standard InChI is InChI=1S/C18H41O5P2.C5H12O4/c1-2-3-4-5-6-7-8-9-10-11-12-13-14-15-16-17-18-25(21,22)23-24(19)20;6-1-5(2-7,3-8)4-9/h19-22H,2-18H2,1H3;6-9H,1-4H2/q+1;. The highest BCUT2D eigenvalue weighted by Crippen LogP contribution is 2.59. The number of aliphatic hydroxyl groups excluding tert-OH is 4. The largest absolute Gasteiger partial charge is 0.415 e. The van der Waals surface area contributed by atoms with Crippen LogP contribution < -0.4 is 0 Å². The first kappa shape index (κ1) is 36.7. The molecule has 0 saturated heterocycles. The molecule has 0 fully saturated rings. The van der Waals surface area contributed by atoms with Crippen molar-refractivity contribution in [3.63, 3.8) is 0 Å². The fourth-order valence-corrected chi connectivity index (χ4v) is 5.22. The fourth-order valence-electron chi connectivity index (χ4n) is 3.32. The highest BCUT2D eigenvalue weighted by atomic mass is 31.3. The Kier molecular flexibility index (Phi) is 27.1. The van der Waals surface area contributed by atoms with Gasteiger partial charge in [0, 0.05) is 0 Å². The Morgan fingerprint density at radius 3 is 1.09 bits per heavy atom. The van der Waals surface area contributed by atoms with Gasteiger partial charge in [0.05, 0.1) is 31.8 Å². The third-order valence-electron chi connectivity index (χ3n) is 5.85. The molecule has 0 atom stereocenters. The molecule has 11 heteroatoms. The van der Waals surface area contributed by atoms with Crippen molar-refractivity contribution >= 4 is 16.5 Å². The van der Waals surface area contributed by atoms with E-state index >= 15 is 0 Å². The van der Waals surface area contributed by atoms with Crippen LogP contribution in [0.4, 0.5) is 0 Å². The summed E-state index contributed by atoms with van der Waals surface area (Å²) in [5.41, 5.74) is -1.11. The van der Waals surface area contributed by atoms with E-state index in [-0.39, 0.29) is 6.16 Å². The lowest BCUT2D eigenvalue weighted by molar-refractivity contribution is -0.0328. The van der Waals surface area contributed by atoms with Gasteiger partial charge in [-0.1, -0.05) is 101 Å². The van der Waals surface area contributed by atoms with Crippen LogP contribution in [0.25, 0.3) is 0 Å². The second-order valence-corrected chi connectivity index (χ2v) is 12.1. The van der Waals surface area contributed by atoms with E-state index in [1.165, 1.54) is 83.5 Å². The first-order chi connectivity index (χ1) is 16.2. The summed E-state index contributed by atoms with van der Waals surface area (Å²) in [5, 5.41) is 34.0. The highest BCUT2D eigenvalue weighted by molar-refractivity contribution is 7.66. The van der Waals surface area contributed by atoms with E-state index in [0.717, 1.165) is 12.8 Å². The van der Waals surface area contributed by atoms with Gasteiger partial charge < -0.3 is 30.2 Å². The summed E-state index contributed by atoms with van der Waals surface area (Å²) in [4.78, 5) is 36.1. The smallest absolute Gasteiger partial charge is 0.396 e. The van der Waals surface area contributed by atoms with Gasteiger partial charge in [-0.2, -0.15) is 9.79 Å². The Hall–Kier alpha value is 0.500. The van der Waals surface area contributed by atoms with Crippen LogP contribution in [0.15, 0.2) is 0 Å². The average molecular weight is 536 g/mol. The summed E-state index contributed by atoms with van der Waals surface area (Å²) in [7, 11) is -6.24. The number of hydrogen-bond acceptors (Lipinski definition) is 9. The molecule has 34 heavy (non-hydrogen) atoms. The van der Waals surface area contributed by atoms with E-state index in [1.54, 1.807) is 0 Å². The third-order valence-corrected chi connectivity index (χ3v) is 8.38. The van der Waals surface area contributed by atoms with Crippen molar-refractivity contribution in [3.05, 3.63) is 0 Å². The molecular weight excluding hydrogens is 482 g/mol. The lowest BCUT2D eigenvalue weighted by Gasteiger charge is -2.23. The van der Waals surface area contributed by atoms with Gasteiger partial charge in [0.2, 0.25) is 0 Å². The van der Waals surface area contributed by atoms with Gasteiger partial charge in [-0.3, -0.25) is 0 Å². The SMILES string of the molecule is CCCCCCCCCCCCCCCCCC[P+](O)(O)OP(O)O.OCC(CO)(CO)CO. The zero-order valence-electron chi connectivity index (χ0n) is 21.2. The molecule has 0 aromatic carbocycles. The number of unbranched alkanes of at least 4 members (excludes halogenated alkanes) is 15. The van der Waals surface area contributed by atoms with Crippen molar-refractivity contribution in [1.29, 1.82) is 0 Å². The Morgan fingerprint density at radius 2 is 0.853 bits per heavy atom. The lowest BCUT2D eigenvalue weighted by Crippen LogP contribution is -2.37. The summed E-state index contributed by atoms with van der Waals surface area (Å²) >= 11 is 0. The second-order valence-electron chi connectivity index (χ2n) is 9.16. The minimum atomic E-state index is -3.56. The van der Waals surface area contributed by atoms with Crippen molar-refractivity contribution in [2.45, 2.75) is 110 Å².